The van der Waals surface area contributed by atoms with Crippen LogP contribution in [0.4, 0.5) is 26.3 Å². The van der Waals surface area contributed by atoms with E-state index in [-0.39, 0.29) is 4.90 Å². The summed E-state index contributed by atoms with van der Waals surface area (Å²) in [6.07, 6.45) is -11.2. The van der Waals surface area contributed by atoms with Crippen molar-refractivity contribution in [1.82, 2.24) is 4.90 Å². The maximum absolute atomic E-state index is 12.4. The second-order valence-corrected chi connectivity index (χ2v) is 3.72. The number of halogens is 6. The van der Waals surface area contributed by atoms with Crippen LogP contribution in [0.3, 0.4) is 0 Å². The number of alkyl halides is 6. The molecular weight excluding hydrogens is 272 g/mol. The molecule has 1 aliphatic rings. The van der Waals surface area contributed by atoms with Crippen LogP contribution in [0.5, 0.6) is 0 Å². The van der Waals surface area contributed by atoms with E-state index in [1.54, 1.807) is 0 Å². The smallest absolute Gasteiger partial charge is 0.471 e. The first-order valence-electron chi connectivity index (χ1n) is 4.63. The van der Waals surface area contributed by atoms with Crippen LogP contribution in [-0.4, -0.2) is 46.8 Å². The second-order valence-electron chi connectivity index (χ2n) is 3.72. The number of carbonyl (C=O) groups is 2. The Morgan fingerprint density at radius 3 is 1.94 bits per heavy atom. The zero-order chi connectivity index (χ0) is 14.3. The molecule has 10 heteroatoms. The molecule has 2 atom stereocenters. The minimum Gasteiger partial charge on any atom is -0.480 e. The first-order valence-corrected chi connectivity index (χ1v) is 4.63. The average molecular weight is 279 g/mol. The van der Waals surface area contributed by atoms with Crippen molar-refractivity contribution in [2.75, 3.05) is 6.54 Å². The van der Waals surface area contributed by atoms with Crippen molar-refractivity contribution < 1.29 is 41.0 Å². The molecule has 0 saturated carbocycles. The van der Waals surface area contributed by atoms with Crippen molar-refractivity contribution in [3.05, 3.63) is 0 Å². The lowest BCUT2D eigenvalue weighted by Crippen LogP contribution is -2.50. The molecule has 0 aliphatic carbocycles. The number of rotatable bonds is 1. The lowest BCUT2D eigenvalue weighted by molar-refractivity contribution is -0.200. The summed E-state index contributed by atoms with van der Waals surface area (Å²) in [4.78, 5) is 21.2. The summed E-state index contributed by atoms with van der Waals surface area (Å²) >= 11 is 0. The highest BCUT2D eigenvalue weighted by molar-refractivity contribution is 5.87. The molecule has 1 fully saturated rings. The number of carboxylic acids is 1. The van der Waals surface area contributed by atoms with Crippen LogP contribution in [-0.2, 0) is 9.59 Å². The Morgan fingerprint density at radius 2 is 1.61 bits per heavy atom. The van der Waals surface area contributed by atoms with Gasteiger partial charge in [-0.05, 0) is 6.42 Å². The summed E-state index contributed by atoms with van der Waals surface area (Å²) in [5.74, 6) is -7.16. The maximum atomic E-state index is 12.4. The van der Waals surface area contributed by atoms with E-state index in [0.717, 1.165) is 0 Å². The van der Waals surface area contributed by atoms with E-state index in [2.05, 4.69) is 0 Å². The quantitative estimate of drug-likeness (QED) is 0.738. The molecule has 1 amide bonds. The zero-order valence-corrected chi connectivity index (χ0v) is 8.55. The third-order valence-electron chi connectivity index (χ3n) is 2.57. The first-order chi connectivity index (χ1) is 7.96. The number of aliphatic carboxylic acids is 1. The van der Waals surface area contributed by atoms with Gasteiger partial charge in [-0.1, -0.05) is 0 Å². The summed E-state index contributed by atoms with van der Waals surface area (Å²) in [7, 11) is 0. The lowest BCUT2D eigenvalue weighted by Gasteiger charge is -2.26. The number of hydrogen-bond donors (Lipinski definition) is 1. The summed E-state index contributed by atoms with van der Waals surface area (Å²) in [6.45, 7) is -0.889. The van der Waals surface area contributed by atoms with E-state index < -0.39 is 49.2 Å². The molecule has 0 unspecified atom stereocenters. The topological polar surface area (TPSA) is 57.6 Å². The van der Waals surface area contributed by atoms with Gasteiger partial charge in [0.15, 0.2) is 0 Å². The number of amides is 1. The van der Waals surface area contributed by atoms with Crippen molar-refractivity contribution in [2.24, 2.45) is 5.92 Å². The Hall–Kier alpha value is -1.48. The number of nitrogens with zero attached hydrogens (tertiary/aromatic N) is 1. The van der Waals surface area contributed by atoms with E-state index >= 15 is 0 Å². The van der Waals surface area contributed by atoms with E-state index in [1.165, 1.54) is 0 Å². The minimum atomic E-state index is -5.39. The number of carboxylic acid groups (broad SMARTS) is 1. The highest BCUT2D eigenvalue weighted by Crippen LogP contribution is 2.39. The van der Waals surface area contributed by atoms with Crippen LogP contribution in [0.2, 0.25) is 0 Å². The molecule has 1 aliphatic heterocycles. The Labute approximate surface area is 96.2 Å². The van der Waals surface area contributed by atoms with Gasteiger partial charge < -0.3 is 10.0 Å². The van der Waals surface area contributed by atoms with Gasteiger partial charge in [-0.3, -0.25) is 4.79 Å². The van der Waals surface area contributed by atoms with Gasteiger partial charge in [0, 0.05) is 6.54 Å². The number of carbonyl (C=O) groups excluding carboxylic acids is 1. The summed E-state index contributed by atoms with van der Waals surface area (Å²) in [5.41, 5.74) is 0. The SMILES string of the molecule is O=C(O)[C@H]1[C@H](C(F)(F)F)CCN1C(=O)C(F)(F)F. The summed E-state index contributed by atoms with van der Waals surface area (Å²) < 4.78 is 73.6. The molecule has 0 aromatic carbocycles. The van der Waals surface area contributed by atoms with Gasteiger partial charge in [0.2, 0.25) is 0 Å². The predicted molar refractivity (Wildman–Crippen MR) is 43.4 cm³/mol. The lowest BCUT2D eigenvalue weighted by atomic mass is 10.00. The van der Waals surface area contributed by atoms with Crippen LogP contribution in [0.1, 0.15) is 6.42 Å². The standard InChI is InChI=1S/C8H7F6NO3/c9-7(10,11)3-1-2-15(4(3)5(16)17)6(18)8(12,13)14/h3-4H,1-2H2,(H,16,17)/t3-,4-/m1/s1. The van der Waals surface area contributed by atoms with Crippen LogP contribution < -0.4 is 0 Å². The molecule has 4 nitrogen and oxygen atoms in total. The molecule has 0 radical (unpaired) electrons. The van der Waals surface area contributed by atoms with E-state index in [1.807, 2.05) is 0 Å². The molecule has 1 heterocycles. The Morgan fingerprint density at radius 1 is 1.11 bits per heavy atom. The fraction of sp³-hybridized carbons (Fsp3) is 0.750. The monoisotopic (exact) mass is 279 g/mol. The Balaban J connectivity index is 3.03. The van der Waals surface area contributed by atoms with E-state index in [0.29, 0.717) is 0 Å². The minimum absolute atomic E-state index is 0.291. The summed E-state index contributed by atoms with van der Waals surface area (Å²) in [6, 6.07) is -2.53. The van der Waals surface area contributed by atoms with Gasteiger partial charge in [-0.25, -0.2) is 4.79 Å². The Kier molecular flexibility index (Phi) is 3.50. The molecule has 18 heavy (non-hydrogen) atoms. The second kappa shape index (κ2) is 4.32. The van der Waals surface area contributed by atoms with Crippen molar-refractivity contribution in [3.8, 4) is 0 Å². The first kappa shape index (κ1) is 14.6. The van der Waals surface area contributed by atoms with Crippen molar-refractivity contribution in [2.45, 2.75) is 24.8 Å². The molecule has 1 N–H and O–H groups in total. The molecule has 104 valence electrons. The van der Waals surface area contributed by atoms with Crippen molar-refractivity contribution in [3.63, 3.8) is 0 Å². The molecule has 0 aromatic heterocycles. The van der Waals surface area contributed by atoms with Gasteiger partial charge in [0.25, 0.3) is 0 Å². The third-order valence-corrected chi connectivity index (χ3v) is 2.57. The Bertz CT molecular complexity index is 363. The fourth-order valence-corrected chi connectivity index (χ4v) is 1.83. The zero-order valence-electron chi connectivity index (χ0n) is 8.55. The fourth-order valence-electron chi connectivity index (χ4n) is 1.83. The molecule has 0 bridgehead atoms. The van der Waals surface area contributed by atoms with Gasteiger partial charge in [-0.2, -0.15) is 26.3 Å². The molecule has 0 aromatic rings. The predicted octanol–water partition coefficient (Wildman–Crippen LogP) is 1.41. The molecule has 1 rings (SSSR count). The normalized spacial score (nSPS) is 25.3. The van der Waals surface area contributed by atoms with Crippen LogP contribution in [0, 0.1) is 5.92 Å². The molecular formula is C8H7F6NO3. The van der Waals surface area contributed by atoms with E-state index in [4.69, 9.17) is 5.11 Å². The average Bonchev–Trinajstić information content (AvgIpc) is 2.57. The van der Waals surface area contributed by atoms with Crippen LogP contribution >= 0.6 is 0 Å². The van der Waals surface area contributed by atoms with Crippen LogP contribution in [0.15, 0.2) is 0 Å². The van der Waals surface area contributed by atoms with Gasteiger partial charge in [-0.15, -0.1) is 0 Å². The molecule has 0 spiro atoms. The number of likely N-dealkylation sites (tertiary alicyclic amines) is 1. The van der Waals surface area contributed by atoms with Gasteiger partial charge >= 0.3 is 24.2 Å². The number of hydrogen-bond acceptors (Lipinski definition) is 2. The maximum Gasteiger partial charge on any atom is 0.471 e. The van der Waals surface area contributed by atoms with Crippen molar-refractivity contribution in [1.29, 1.82) is 0 Å². The highest BCUT2D eigenvalue weighted by atomic mass is 19.4. The molecule has 1 saturated heterocycles. The highest BCUT2D eigenvalue weighted by Gasteiger charge is 2.58. The van der Waals surface area contributed by atoms with Crippen molar-refractivity contribution >= 4 is 11.9 Å². The third kappa shape index (κ3) is 2.67. The van der Waals surface area contributed by atoms with E-state index in [9.17, 15) is 35.9 Å². The van der Waals surface area contributed by atoms with Gasteiger partial charge in [0.1, 0.15) is 6.04 Å². The summed E-state index contributed by atoms with van der Waals surface area (Å²) in [5, 5.41) is 8.57. The largest absolute Gasteiger partial charge is 0.480 e. The van der Waals surface area contributed by atoms with Crippen LogP contribution in [0.25, 0.3) is 0 Å². The van der Waals surface area contributed by atoms with Gasteiger partial charge in [0.05, 0.1) is 5.92 Å².